The fourth-order valence-electron chi connectivity index (χ4n) is 2.15. The standard InChI is InChI=1S/C18H19ClN2O5S/c1-4-26-18(23)12-5-8-14(9-6-12)20-17(22)13-7-10-15(19)16(11-13)27(24,25)21(2)3/h5-11H,4H2,1-3H3,(H,20,22). The summed E-state index contributed by atoms with van der Waals surface area (Å²) in [6, 6.07) is 10.2. The van der Waals surface area contributed by atoms with Gasteiger partial charge in [-0.05, 0) is 49.4 Å². The number of nitrogens with one attached hydrogen (secondary N) is 1. The van der Waals surface area contributed by atoms with E-state index in [1.807, 2.05) is 0 Å². The molecule has 0 aliphatic carbocycles. The number of anilines is 1. The molecule has 0 heterocycles. The molecule has 0 saturated heterocycles. The summed E-state index contributed by atoms with van der Waals surface area (Å²) < 4.78 is 30.5. The Hall–Kier alpha value is -2.42. The minimum Gasteiger partial charge on any atom is -0.462 e. The summed E-state index contributed by atoms with van der Waals surface area (Å²) in [6.45, 7) is 1.98. The molecule has 144 valence electrons. The maximum absolute atomic E-state index is 12.4. The van der Waals surface area contributed by atoms with Crippen LogP contribution in [0.3, 0.4) is 0 Å². The zero-order valence-corrected chi connectivity index (χ0v) is 16.6. The zero-order chi connectivity index (χ0) is 20.2. The number of ether oxygens (including phenoxy) is 1. The van der Waals surface area contributed by atoms with Crippen LogP contribution >= 0.6 is 11.6 Å². The Balaban J connectivity index is 2.23. The van der Waals surface area contributed by atoms with Crippen molar-refractivity contribution in [1.82, 2.24) is 4.31 Å². The highest BCUT2D eigenvalue weighted by molar-refractivity contribution is 7.89. The van der Waals surface area contributed by atoms with Gasteiger partial charge in [0.1, 0.15) is 4.90 Å². The second kappa shape index (κ2) is 8.51. The normalized spacial score (nSPS) is 11.3. The third-order valence-electron chi connectivity index (χ3n) is 3.61. The number of carbonyl (C=O) groups is 2. The van der Waals surface area contributed by atoms with Crippen LogP contribution in [0.2, 0.25) is 5.02 Å². The van der Waals surface area contributed by atoms with Gasteiger partial charge in [-0.15, -0.1) is 0 Å². The van der Waals surface area contributed by atoms with Crippen LogP contribution in [0.1, 0.15) is 27.6 Å². The van der Waals surface area contributed by atoms with Crippen LogP contribution in [0.5, 0.6) is 0 Å². The molecule has 0 atom stereocenters. The third-order valence-corrected chi connectivity index (χ3v) is 5.90. The lowest BCUT2D eigenvalue weighted by Crippen LogP contribution is -2.23. The molecular weight excluding hydrogens is 392 g/mol. The van der Waals surface area contributed by atoms with E-state index in [0.717, 1.165) is 4.31 Å². The number of sulfonamides is 1. The van der Waals surface area contributed by atoms with Crippen LogP contribution in [0.15, 0.2) is 47.4 Å². The van der Waals surface area contributed by atoms with Gasteiger partial charge in [0.15, 0.2) is 0 Å². The van der Waals surface area contributed by atoms with E-state index in [-0.39, 0.29) is 22.1 Å². The van der Waals surface area contributed by atoms with Crippen LogP contribution in [0.4, 0.5) is 5.69 Å². The number of halogens is 1. The fourth-order valence-corrected chi connectivity index (χ4v) is 3.54. The van der Waals surface area contributed by atoms with Crippen molar-refractivity contribution in [2.75, 3.05) is 26.0 Å². The summed E-state index contributed by atoms with van der Waals surface area (Å²) in [5.41, 5.74) is 0.940. The van der Waals surface area contributed by atoms with E-state index in [1.165, 1.54) is 44.4 Å². The number of amides is 1. The van der Waals surface area contributed by atoms with Crippen LogP contribution in [0, 0.1) is 0 Å². The van der Waals surface area contributed by atoms with Crippen LogP contribution in [0.25, 0.3) is 0 Å². The lowest BCUT2D eigenvalue weighted by atomic mass is 10.2. The smallest absolute Gasteiger partial charge is 0.338 e. The first-order valence-corrected chi connectivity index (χ1v) is 9.79. The maximum atomic E-state index is 12.4. The largest absolute Gasteiger partial charge is 0.462 e. The quantitative estimate of drug-likeness (QED) is 0.739. The number of benzene rings is 2. The molecule has 2 rings (SSSR count). The molecule has 2 aromatic rings. The number of hydrogen-bond acceptors (Lipinski definition) is 5. The minimum atomic E-state index is -3.79. The Kier molecular flexibility index (Phi) is 6.59. The van der Waals surface area contributed by atoms with E-state index in [9.17, 15) is 18.0 Å². The van der Waals surface area contributed by atoms with Crippen molar-refractivity contribution in [3.8, 4) is 0 Å². The van der Waals surface area contributed by atoms with Gasteiger partial charge in [0.2, 0.25) is 10.0 Å². The lowest BCUT2D eigenvalue weighted by Gasteiger charge is -2.14. The monoisotopic (exact) mass is 410 g/mol. The summed E-state index contributed by atoms with van der Waals surface area (Å²) in [5, 5.41) is 2.67. The highest BCUT2D eigenvalue weighted by Gasteiger charge is 2.22. The van der Waals surface area contributed by atoms with E-state index in [0.29, 0.717) is 11.3 Å². The van der Waals surface area contributed by atoms with Crippen LogP contribution < -0.4 is 5.32 Å². The summed E-state index contributed by atoms with van der Waals surface area (Å²) in [4.78, 5) is 23.9. The SMILES string of the molecule is CCOC(=O)c1ccc(NC(=O)c2ccc(Cl)c(S(=O)(=O)N(C)C)c2)cc1. The van der Waals surface area contributed by atoms with Gasteiger partial charge in [0, 0.05) is 25.3 Å². The van der Waals surface area contributed by atoms with Crippen LogP contribution in [-0.2, 0) is 14.8 Å². The molecule has 0 unspecified atom stereocenters. The van der Waals surface area contributed by atoms with Gasteiger partial charge in [-0.3, -0.25) is 4.79 Å². The number of hydrogen-bond donors (Lipinski definition) is 1. The highest BCUT2D eigenvalue weighted by Crippen LogP contribution is 2.25. The molecule has 1 N–H and O–H groups in total. The molecule has 0 aromatic heterocycles. The van der Waals surface area contributed by atoms with Crippen molar-refractivity contribution < 1.29 is 22.7 Å². The molecule has 0 spiro atoms. The van der Waals surface area contributed by atoms with E-state index in [1.54, 1.807) is 19.1 Å². The first-order chi connectivity index (χ1) is 12.7. The maximum Gasteiger partial charge on any atom is 0.338 e. The third kappa shape index (κ3) is 4.85. The van der Waals surface area contributed by atoms with Crippen molar-refractivity contribution in [3.05, 3.63) is 58.6 Å². The number of rotatable bonds is 6. The predicted octanol–water partition coefficient (Wildman–Crippen LogP) is 3.02. The van der Waals surface area contributed by atoms with E-state index in [2.05, 4.69) is 5.32 Å². The van der Waals surface area contributed by atoms with Crippen molar-refractivity contribution >= 4 is 39.2 Å². The molecule has 0 aliphatic rings. The van der Waals surface area contributed by atoms with E-state index < -0.39 is 21.9 Å². The Morgan fingerprint density at radius 2 is 1.67 bits per heavy atom. The van der Waals surface area contributed by atoms with Gasteiger partial charge in [-0.25, -0.2) is 17.5 Å². The second-order valence-corrected chi connectivity index (χ2v) is 8.21. The average molecular weight is 411 g/mol. The van der Waals surface area contributed by atoms with Gasteiger partial charge in [-0.2, -0.15) is 0 Å². The summed E-state index contributed by atoms with van der Waals surface area (Å²) >= 11 is 5.98. The first kappa shape index (κ1) is 20.9. The predicted molar refractivity (Wildman–Crippen MR) is 103 cm³/mol. The molecule has 0 radical (unpaired) electrons. The Morgan fingerprint density at radius 1 is 1.07 bits per heavy atom. The summed E-state index contributed by atoms with van der Waals surface area (Å²) in [5.74, 6) is -0.961. The van der Waals surface area contributed by atoms with Gasteiger partial charge < -0.3 is 10.1 Å². The number of carbonyl (C=O) groups excluding carboxylic acids is 2. The van der Waals surface area contributed by atoms with Gasteiger partial charge in [0.25, 0.3) is 5.91 Å². The molecule has 0 fully saturated rings. The zero-order valence-electron chi connectivity index (χ0n) is 15.0. The number of esters is 1. The van der Waals surface area contributed by atoms with E-state index >= 15 is 0 Å². The van der Waals surface area contributed by atoms with Gasteiger partial charge >= 0.3 is 5.97 Å². The fraction of sp³-hybridized carbons (Fsp3) is 0.222. The molecule has 0 saturated carbocycles. The molecule has 2 aromatic carbocycles. The first-order valence-electron chi connectivity index (χ1n) is 7.97. The summed E-state index contributed by atoms with van der Waals surface area (Å²) in [7, 11) is -1.03. The average Bonchev–Trinajstić information content (AvgIpc) is 2.62. The minimum absolute atomic E-state index is 0.0269. The Labute approximate surface area is 162 Å². The lowest BCUT2D eigenvalue weighted by molar-refractivity contribution is 0.0526. The Morgan fingerprint density at radius 3 is 2.22 bits per heavy atom. The van der Waals surface area contributed by atoms with Crippen molar-refractivity contribution in [3.63, 3.8) is 0 Å². The summed E-state index contributed by atoms with van der Waals surface area (Å²) in [6.07, 6.45) is 0. The van der Waals surface area contributed by atoms with E-state index in [4.69, 9.17) is 16.3 Å². The van der Waals surface area contributed by atoms with Crippen LogP contribution in [-0.4, -0.2) is 45.3 Å². The van der Waals surface area contributed by atoms with Gasteiger partial charge in [0.05, 0.1) is 17.2 Å². The molecule has 7 nitrogen and oxygen atoms in total. The van der Waals surface area contributed by atoms with Gasteiger partial charge in [-0.1, -0.05) is 11.6 Å². The van der Waals surface area contributed by atoms with Crippen molar-refractivity contribution in [2.24, 2.45) is 0 Å². The van der Waals surface area contributed by atoms with Crippen molar-refractivity contribution in [2.45, 2.75) is 11.8 Å². The van der Waals surface area contributed by atoms with Crippen molar-refractivity contribution in [1.29, 1.82) is 0 Å². The highest BCUT2D eigenvalue weighted by atomic mass is 35.5. The molecule has 27 heavy (non-hydrogen) atoms. The molecular formula is C18H19ClN2O5S. The molecule has 0 aliphatic heterocycles. The topological polar surface area (TPSA) is 92.8 Å². The number of nitrogens with zero attached hydrogens (tertiary/aromatic N) is 1. The molecule has 1 amide bonds. The molecule has 9 heteroatoms. The second-order valence-electron chi connectivity index (χ2n) is 5.68. The Bertz CT molecular complexity index is 956. The molecule has 0 bridgehead atoms.